The number of rotatable bonds is 25. The van der Waals surface area contributed by atoms with Gasteiger partial charge in [0.1, 0.15) is 6.73 Å². The molecular formula is C29H57NO2. The molecule has 190 valence electrons. The molecule has 0 aromatic carbocycles. The molecule has 0 radical (unpaired) electrons. The molecule has 0 saturated heterocycles. The van der Waals surface area contributed by atoms with Crippen molar-refractivity contribution in [2.24, 2.45) is 0 Å². The average Bonchev–Trinajstić information content (AvgIpc) is 2.78. The summed E-state index contributed by atoms with van der Waals surface area (Å²) >= 11 is 0. The standard InChI is InChI=1S/C29H57NO2/c1-4-5-6-7-8-9-10-11-12-13-14-15-16-17-18-19-20-21-22-23-24-25-26-27-29(31)32-28-30(2)3/h23-24H,4-22,25-28H2,1-3H3. The summed E-state index contributed by atoms with van der Waals surface area (Å²) in [5.41, 5.74) is 0. The van der Waals surface area contributed by atoms with Gasteiger partial charge < -0.3 is 4.74 Å². The summed E-state index contributed by atoms with van der Waals surface area (Å²) in [5, 5.41) is 0. The van der Waals surface area contributed by atoms with Crippen molar-refractivity contribution in [1.82, 2.24) is 4.90 Å². The van der Waals surface area contributed by atoms with Crippen molar-refractivity contribution in [3.05, 3.63) is 12.2 Å². The van der Waals surface area contributed by atoms with Crippen molar-refractivity contribution in [3.8, 4) is 0 Å². The van der Waals surface area contributed by atoms with Crippen LogP contribution in [0.3, 0.4) is 0 Å². The summed E-state index contributed by atoms with van der Waals surface area (Å²) in [6.45, 7) is 2.68. The van der Waals surface area contributed by atoms with Gasteiger partial charge in [-0.1, -0.05) is 128 Å². The van der Waals surface area contributed by atoms with E-state index >= 15 is 0 Å². The molecule has 32 heavy (non-hydrogen) atoms. The van der Waals surface area contributed by atoms with Crippen LogP contribution < -0.4 is 0 Å². The maximum atomic E-state index is 11.5. The zero-order chi connectivity index (χ0) is 23.5. The van der Waals surface area contributed by atoms with Gasteiger partial charge in [0, 0.05) is 6.42 Å². The Morgan fingerprint density at radius 1 is 0.594 bits per heavy atom. The van der Waals surface area contributed by atoms with Crippen LogP contribution in [0.2, 0.25) is 0 Å². The van der Waals surface area contributed by atoms with Crippen LogP contribution in [-0.2, 0) is 9.53 Å². The second-order valence-corrected chi connectivity index (χ2v) is 9.89. The fraction of sp³-hybridized carbons (Fsp3) is 0.897. The van der Waals surface area contributed by atoms with Crippen LogP contribution in [0.4, 0.5) is 0 Å². The van der Waals surface area contributed by atoms with Gasteiger partial charge in [-0.15, -0.1) is 0 Å². The van der Waals surface area contributed by atoms with Gasteiger partial charge in [-0.25, -0.2) is 0 Å². The Labute approximate surface area is 201 Å². The summed E-state index contributed by atoms with van der Waals surface area (Å²) in [4.78, 5) is 13.3. The number of allylic oxidation sites excluding steroid dienone is 2. The third kappa shape index (κ3) is 27.2. The first-order chi connectivity index (χ1) is 15.7. The van der Waals surface area contributed by atoms with E-state index < -0.39 is 0 Å². The van der Waals surface area contributed by atoms with Crippen LogP contribution in [0.1, 0.15) is 148 Å². The minimum Gasteiger partial charge on any atom is -0.450 e. The molecule has 0 N–H and O–H groups in total. The van der Waals surface area contributed by atoms with Gasteiger partial charge >= 0.3 is 5.97 Å². The first-order valence-corrected chi connectivity index (χ1v) is 14.1. The van der Waals surface area contributed by atoms with Crippen molar-refractivity contribution in [1.29, 1.82) is 0 Å². The van der Waals surface area contributed by atoms with Crippen molar-refractivity contribution < 1.29 is 9.53 Å². The largest absolute Gasteiger partial charge is 0.450 e. The van der Waals surface area contributed by atoms with E-state index in [1.54, 1.807) is 0 Å². The maximum absolute atomic E-state index is 11.5. The molecule has 0 rings (SSSR count). The lowest BCUT2D eigenvalue weighted by Gasteiger charge is -2.09. The first kappa shape index (κ1) is 31.2. The number of carbonyl (C=O) groups excluding carboxylic acids is 1. The molecular weight excluding hydrogens is 394 g/mol. The molecule has 0 aromatic heterocycles. The molecule has 3 heteroatoms. The van der Waals surface area contributed by atoms with E-state index in [-0.39, 0.29) is 5.97 Å². The maximum Gasteiger partial charge on any atom is 0.307 e. The topological polar surface area (TPSA) is 29.5 Å². The first-order valence-electron chi connectivity index (χ1n) is 14.1. The molecule has 0 unspecified atom stereocenters. The van der Waals surface area contributed by atoms with Gasteiger partial charge in [0.05, 0.1) is 0 Å². The average molecular weight is 452 g/mol. The third-order valence-electron chi connectivity index (χ3n) is 6.13. The summed E-state index contributed by atoms with van der Waals surface area (Å²) in [6.07, 6.45) is 33.8. The number of hydrogen-bond donors (Lipinski definition) is 0. The number of unbranched alkanes of at least 4 members (excludes halogenated alkanes) is 19. The van der Waals surface area contributed by atoms with Gasteiger partial charge in [-0.3, -0.25) is 9.69 Å². The van der Waals surface area contributed by atoms with Crippen molar-refractivity contribution in [2.75, 3.05) is 20.8 Å². The number of nitrogens with zero attached hydrogens (tertiary/aromatic N) is 1. The zero-order valence-electron chi connectivity index (χ0n) is 22.2. The van der Waals surface area contributed by atoms with Crippen LogP contribution in [0.5, 0.6) is 0 Å². The van der Waals surface area contributed by atoms with Gasteiger partial charge in [-0.2, -0.15) is 0 Å². The Balaban J connectivity index is 3.14. The smallest absolute Gasteiger partial charge is 0.307 e. The Hall–Kier alpha value is -0.830. The number of esters is 1. The highest BCUT2D eigenvalue weighted by molar-refractivity contribution is 5.69. The molecule has 0 bridgehead atoms. The molecule has 0 aromatic rings. The van der Waals surface area contributed by atoms with Crippen LogP contribution in [0, 0.1) is 0 Å². The Morgan fingerprint density at radius 2 is 0.969 bits per heavy atom. The highest BCUT2D eigenvalue weighted by Gasteiger charge is 2.01. The highest BCUT2D eigenvalue weighted by atomic mass is 16.5. The lowest BCUT2D eigenvalue weighted by atomic mass is 10.0. The van der Waals surface area contributed by atoms with Gasteiger partial charge in [-0.05, 0) is 39.8 Å². The predicted molar refractivity (Wildman–Crippen MR) is 141 cm³/mol. The molecule has 0 atom stereocenters. The van der Waals surface area contributed by atoms with Gasteiger partial charge in [0.2, 0.25) is 0 Å². The van der Waals surface area contributed by atoms with E-state index in [4.69, 9.17) is 4.74 Å². The second-order valence-electron chi connectivity index (χ2n) is 9.89. The summed E-state index contributed by atoms with van der Waals surface area (Å²) < 4.78 is 5.12. The SMILES string of the molecule is CCCCCCCCCCCCCCCCCCCCC=CCCCC(=O)OCN(C)C. The minimum atomic E-state index is -0.0874. The quantitative estimate of drug-likeness (QED) is 0.0599. The fourth-order valence-electron chi connectivity index (χ4n) is 4.04. The normalized spacial score (nSPS) is 11.6. The number of hydrogen-bond acceptors (Lipinski definition) is 3. The molecule has 0 amide bonds. The molecule has 0 aliphatic heterocycles. The number of carbonyl (C=O) groups is 1. The fourth-order valence-corrected chi connectivity index (χ4v) is 4.04. The Bertz CT molecular complexity index is 406. The summed E-state index contributed by atoms with van der Waals surface area (Å²) in [6, 6.07) is 0. The van der Waals surface area contributed by atoms with Crippen molar-refractivity contribution in [2.45, 2.75) is 148 Å². The van der Waals surface area contributed by atoms with E-state index in [0.29, 0.717) is 13.2 Å². The van der Waals surface area contributed by atoms with E-state index in [1.165, 1.54) is 122 Å². The lowest BCUT2D eigenvalue weighted by molar-refractivity contribution is -0.147. The lowest BCUT2D eigenvalue weighted by Crippen LogP contribution is -2.19. The molecule has 0 aliphatic rings. The second kappa shape index (κ2) is 26.4. The summed E-state index contributed by atoms with van der Waals surface area (Å²) in [7, 11) is 3.80. The molecule has 0 aliphatic carbocycles. The number of ether oxygens (including phenoxy) is 1. The van der Waals surface area contributed by atoms with E-state index in [2.05, 4.69) is 19.1 Å². The van der Waals surface area contributed by atoms with Crippen LogP contribution in [0.15, 0.2) is 12.2 Å². The van der Waals surface area contributed by atoms with Crippen LogP contribution in [0.25, 0.3) is 0 Å². The highest BCUT2D eigenvalue weighted by Crippen LogP contribution is 2.14. The van der Waals surface area contributed by atoms with E-state index in [9.17, 15) is 4.79 Å². The van der Waals surface area contributed by atoms with Crippen LogP contribution >= 0.6 is 0 Å². The molecule has 0 spiro atoms. The monoisotopic (exact) mass is 451 g/mol. The Kier molecular flexibility index (Phi) is 25.7. The van der Waals surface area contributed by atoms with Gasteiger partial charge in [0.25, 0.3) is 0 Å². The predicted octanol–water partition coefficient (Wildman–Crippen LogP) is 9.21. The zero-order valence-corrected chi connectivity index (χ0v) is 22.2. The summed E-state index contributed by atoms with van der Waals surface area (Å²) in [5.74, 6) is -0.0874. The van der Waals surface area contributed by atoms with Crippen molar-refractivity contribution in [3.63, 3.8) is 0 Å². The molecule has 0 fully saturated rings. The molecule has 0 saturated carbocycles. The Morgan fingerprint density at radius 3 is 1.38 bits per heavy atom. The van der Waals surface area contributed by atoms with Gasteiger partial charge in [0.15, 0.2) is 0 Å². The van der Waals surface area contributed by atoms with E-state index in [0.717, 1.165) is 12.8 Å². The van der Waals surface area contributed by atoms with Crippen LogP contribution in [-0.4, -0.2) is 31.7 Å². The molecule has 0 heterocycles. The van der Waals surface area contributed by atoms with Crippen molar-refractivity contribution >= 4 is 5.97 Å². The molecule has 3 nitrogen and oxygen atoms in total. The van der Waals surface area contributed by atoms with E-state index in [1.807, 2.05) is 19.0 Å². The third-order valence-corrected chi connectivity index (χ3v) is 6.13. The minimum absolute atomic E-state index is 0.0874.